The first-order chi connectivity index (χ1) is 13.1. The Morgan fingerprint density at radius 1 is 1.22 bits per heavy atom. The fourth-order valence-corrected chi connectivity index (χ4v) is 2.65. The summed E-state index contributed by atoms with van der Waals surface area (Å²) in [5.41, 5.74) is 19.7. The predicted molar refractivity (Wildman–Crippen MR) is 98.2 cm³/mol. The molecular weight excluding hydrogens is 350 g/mol. The van der Waals surface area contributed by atoms with Gasteiger partial charge in [-0.2, -0.15) is 0 Å². The molecule has 0 atom stereocenters. The van der Waals surface area contributed by atoms with Crippen LogP contribution < -0.4 is 4.74 Å². The number of carbonyl (C=O) groups is 1. The van der Waals surface area contributed by atoms with E-state index in [0.717, 1.165) is 11.3 Å². The van der Waals surface area contributed by atoms with Crippen molar-refractivity contribution in [2.45, 2.75) is 26.9 Å². The molecule has 0 amide bonds. The Morgan fingerprint density at radius 2 is 2.00 bits per heavy atom. The summed E-state index contributed by atoms with van der Waals surface area (Å²) in [6, 6.07) is 9.01. The van der Waals surface area contributed by atoms with E-state index >= 15 is 0 Å². The molecule has 10 nitrogen and oxygen atoms in total. The number of aromatic nitrogens is 1. The van der Waals surface area contributed by atoms with E-state index in [9.17, 15) is 4.79 Å². The molecule has 0 fully saturated rings. The maximum absolute atomic E-state index is 12.2. The summed E-state index contributed by atoms with van der Waals surface area (Å²) in [5, 5.41) is 6.95. The topological polar surface area (TPSA) is 138 Å². The van der Waals surface area contributed by atoms with E-state index in [1.54, 1.807) is 19.1 Å². The van der Waals surface area contributed by atoms with Gasteiger partial charge in [0.05, 0.1) is 18.7 Å². The Kier molecular flexibility index (Phi) is 7.13. The Morgan fingerprint density at radius 3 is 2.70 bits per heavy atom. The lowest BCUT2D eigenvalue weighted by Gasteiger charge is -2.13. The zero-order valence-corrected chi connectivity index (χ0v) is 15.1. The van der Waals surface area contributed by atoms with E-state index in [4.69, 9.17) is 20.5 Å². The number of hydrogen-bond acceptors (Lipinski definition) is 5. The Balaban J connectivity index is 2.34. The number of esters is 1. The van der Waals surface area contributed by atoms with Crippen molar-refractivity contribution in [3.63, 3.8) is 0 Å². The molecule has 0 spiro atoms. The summed E-state index contributed by atoms with van der Waals surface area (Å²) in [4.78, 5) is 17.6. The average molecular weight is 369 g/mol. The van der Waals surface area contributed by atoms with Crippen LogP contribution in [-0.2, 0) is 17.8 Å². The van der Waals surface area contributed by atoms with E-state index in [1.165, 1.54) is 0 Å². The monoisotopic (exact) mass is 369 g/mol. The molecule has 0 radical (unpaired) electrons. The molecule has 10 heteroatoms. The maximum Gasteiger partial charge on any atom is 0.339 e. The SMILES string of the molecule is CCOC(=O)c1cc(C)n(Cc2cccc(OCN=[N+]=[N-])c2)c1CN=[N+]=[N-]. The first-order valence-electron chi connectivity index (χ1n) is 8.20. The lowest BCUT2D eigenvalue weighted by Crippen LogP contribution is -2.11. The van der Waals surface area contributed by atoms with Gasteiger partial charge in [-0.1, -0.05) is 22.4 Å². The minimum atomic E-state index is -0.450. The highest BCUT2D eigenvalue weighted by Gasteiger charge is 2.19. The van der Waals surface area contributed by atoms with Gasteiger partial charge < -0.3 is 14.0 Å². The summed E-state index contributed by atoms with van der Waals surface area (Å²) < 4.78 is 12.3. The first kappa shape index (κ1) is 19.7. The normalized spacial score (nSPS) is 9.85. The maximum atomic E-state index is 12.2. The Hall–Kier alpha value is -3.61. The van der Waals surface area contributed by atoms with Gasteiger partial charge >= 0.3 is 5.97 Å². The molecule has 0 aliphatic rings. The minimum absolute atomic E-state index is 0.0333. The van der Waals surface area contributed by atoms with E-state index in [-0.39, 0.29) is 19.9 Å². The van der Waals surface area contributed by atoms with Crippen LogP contribution in [0.5, 0.6) is 5.75 Å². The molecule has 27 heavy (non-hydrogen) atoms. The lowest BCUT2D eigenvalue weighted by atomic mass is 10.2. The van der Waals surface area contributed by atoms with Crippen LogP contribution in [0, 0.1) is 6.92 Å². The zero-order valence-electron chi connectivity index (χ0n) is 15.1. The highest BCUT2D eigenvalue weighted by Crippen LogP contribution is 2.22. The van der Waals surface area contributed by atoms with E-state index in [2.05, 4.69) is 20.1 Å². The number of rotatable bonds is 9. The molecule has 2 rings (SSSR count). The van der Waals surface area contributed by atoms with E-state index in [0.29, 0.717) is 23.6 Å². The molecule has 0 bridgehead atoms. The number of hydrogen-bond donors (Lipinski definition) is 0. The van der Waals surface area contributed by atoms with Crippen LogP contribution in [0.2, 0.25) is 0 Å². The van der Waals surface area contributed by atoms with Crippen molar-refractivity contribution >= 4 is 5.97 Å². The lowest BCUT2D eigenvalue weighted by molar-refractivity contribution is 0.0525. The van der Waals surface area contributed by atoms with Gasteiger partial charge in [-0.3, -0.25) is 0 Å². The number of benzene rings is 1. The standard InChI is InChI=1S/C17H19N7O3/c1-3-26-17(25)15-7-12(2)24(16(15)9-20-22-18)10-13-5-4-6-14(8-13)27-11-21-23-19/h4-8H,3,9-11H2,1-2H3. The molecule has 0 unspecified atom stereocenters. The summed E-state index contributed by atoms with van der Waals surface area (Å²) in [6.45, 7) is 4.24. The van der Waals surface area contributed by atoms with Crippen molar-refractivity contribution in [2.24, 2.45) is 10.2 Å². The van der Waals surface area contributed by atoms with Crippen LogP contribution in [0.4, 0.5) is 0 Å². The highest BCUT2D eigenvalue weighted by molar-refractivity contribution is 5.91. The number of aryl methyl sites for hydroxylation is 1. The molecule has 1 aromatic heterocycles. The molecule has 2 aromatic rings. The Labute approximate surface area is 155 Å². The first-order valence-corrected chi connectivity index (χ1v) is 8.20. The summed E-state index contributed by atoms with van der Waals surface area (Å²) in [7, 11) is 0. The van der Waals surface area contributed by atoms with Gasteiger partial charge in [0.2, 0.25) is 0 Å². The van der Waals surface area contributed by atoms with Gasteiger partial charge in [0.15, 0.2) is 6.73 Å². The largest absolute Gasteiger partial charge is 0.488 e. The molecule has 0 aliphatic heterocycles. The minimum Gasteiger partial charge on any atom is -0.488 e. The third kappa shape index (κ3) is 5.18. The summed E-state index contributed by atoms with van der Waals surface area (Å²) in [5.74, 6) is 0.112. The summed E-state index contributed by atoms with van der Waals surface area (Å²) in [6.07, 6.45) is 0. The number of azide groups is 2. The molecule has 0 N–H and O–H groups in total. The van der Waals surface area contributed by atoms with Crippen molar-refractivity contribution in [2.75, 3.05) is 13.3 Å². The smallest absolute Gasteiger partial charge is 0.339 e. The van der Waals surface area contributed by atoms with Crippen LogP contribution in [0.25, 0.3) is 20.9 Å². The van der Waals surface area contributed by atoms with Crippen molar-refractivity contribution < 1.29 is 14.3 Å². The van der Waals surface area contributed by atoms with Crippen LogP contribution in [0.1, 0.15) is 34.2 Å². The fraction of sp³-hybridized carbons (Fsp3) is 0.353. The van der Waals surface area contributed by atoms with Crippen molar-refractivity contribution in [1.29, 1.82) is 0 Å². The number of nitrogens with zero attached hydrogens (tertiary/aromatic N) is 7. The van der Waals surface area contributed by atoms with Gasteiger partial charge in [0.25, 0.3) is 0 Å². The van der Waals surface area contributed by atoms with Gasteiger partial charge in [-0.15, -0.1) is 0 Å². The van der Waals surface area contributed by atoms with E-state index in [1.807, 2.05) is 29.7 Å². The highest BCUT2D eigenvalue weighted by atomic mass is 16.5. The number of carbonyl (C=O) groups excluding carboxylic acids is 1. The van der Waals surface area contributed by atoms with Gasteiger partial charge in [0.1, 0.15) is 5.75 Å². The second kappa shape index (κ2) is 9.76. The average Bonchev–Trinajstić information content (AvgIpc) is 2.96. The second-order valence-electron chi connectivity index (χ2n) is 5.49. The molecule has 1 aromatic carbocycles. The second-order valence-corrected chi connectivity index (χ2v) is 5.49. The third-order valence-corrected chi connectivity index (χ3v) is 3.79. The van der Waals surface area contributed by atoms with Crippen LogP contribution in [-0.4, -0.2) is 23.9 Å². The molecular formula is C17H19N7O3. The van der Waals surface area contributed by atoms with Gasteiger partial charge in [-0.05, 0) is 48.7 Å². The molecule has 140 valence electrons. The van der Waals surface area contributed by atoms with Crippen molar-refractivity contribution in [3.8, 4) is 5.75 Å². The zero-order chi connectivity index (χ0) is 19.6. The van der Waals surface area contributed by atoms with E-state index < -0.39 is 5.97 Å². The molecule has 0 saturated heterocycles. The Bertz CT molecular complexity index is 909. The third-order valence-electron chi connectivity index (χ3n) is 3.79. The quantitative estimate of drug-likeness (QED) is 0.279. The van der Waals surface area contributed by atoms with Gasteiger partial charge in [-0.25, -0.2) is 4.79 Å². The fourth-order valence-electron chi connectivity index (χ4n) is 2.65. The van der Waals surface area contributed by atoms with Crippen molar-refractivity contribution in [1.82, 2.24) is 4.57 Å². The molecule has 0 saturated carbocycles. The van der Waals surface area contributed by atoms with Crippen LogP contribution >= 0.6 is 0 Å². The number of ether oxygens (including phenoxy) is 2. The summed E-state index contributed by atoms with van der Waals surface area (Å²) >= 11 is 0. The molecule has 1 heterocycles. The van der Waals surface area contributed by atoms with Crippen molar-refractivity contribution in [3.05, 3.63) is 73.7 Å². The molecule has 0 aliphatic carbocycles. The van der Waals surface area contributed by atoms with Crippen LogP contribution in [0.3, 0.4) is 0 Å². The van der Waals surface area contributed by atoms with Gasteiger partial charge in [0, 0.05) is 27.8 Å². The predicted octanol–water partition coefficient (Wildman–Crippen LogP) is 4.48. The van der Waals surface area contributed by atoms with Crippen LogP contribution in [0.15, 0.2) is 40.6 Å².